The number of benzene rings is 1. The van der Waals surface area contributed by atoms with E-state index in [0.29, 0.717) is 5.56 Å². The van der Waals surface area contributed by atoms with Crippen molar-refractivity contribution in [3.63, 3.8) is 0 Å². The highest BCUT2D eigenvalue weighted by atomic mass is 32.2. The Balaban J connectivity index is 3.53. The minimum absolute atomic E-state index is 0.0680. The summed E-state index contributed by atoms with van der Waals surface area (Å²) in [5, 5.41) is 0. The lowest BCUT2D eigenvalue weighted by molar-refractivity contribution is -0.0884. The van der Waals surface area contributed by atoms with Crippen LogP contribution in [-0.2, 0) is 24.2 Å². The lowest BCUT2D eigenvalue weighted by Crippen LogP contribution is -2.16. The minimum atomic E-state index is -4.69. The maximum atomic E-state index is 11.3. The van der Waals surface area contributed by atoms with E-state index >= 15 is 0 Å². The third-order valence-electron chi connectivity index (χ3n) is 2.46. The molecule has 0 aliphatic carbocycles. The second kappa shape index (κ2) is 7.75. The van der Waals surface area contributed by atoms with Crippen molar-refractivity contribution < 1.29 is 31.4 Å². The third kappa shape index (κ3) is 5.21. The van der Waals surface area contributed by atoms with Gasteiger partial charge >= 0.3 is 0 Å². The molecule has 0 atom stereocenters. The summed E-state index contributed by atoms with van der Waals surface area (Å²) in [5.41, 5.74) is 0.0161. The molecule has 1 aromatic rings. The van der Waals surface area contributed by atoms with E-state index < -0.39 is 20.4 Å². The summed E-state index contributed by atoms with van der Waals surface area (Å²) in [7, 11) is -4.69. The SMILES string of the molecule is CSOOc1cc(S(=O)(=O)[O-])cc(OOSC)c1C(C)(C)C. The van der Waals surface area contributed by atoms with E-state index in [-0.39, 0.29) is 11.5 Å². The van der Waals surface area contributed by atoms with Crippen molar-refractivity contribution in [2.75, 3.05) is 12.5 Å². The van der Waals surface area contributed by atoms with Gasteiger partial charge in [-0.05, 0) is 5.41 Å². The fraction of sp³-hybridized carbons (Fsp3) is 0.500. The van der Waals surface area contributed by atoms with Crippen LogP contribution in [0.4, 0.5) is 0 Å². The van der Waals surface area contributed by atoms with E-state index in [1.54, 1.807) is 12.5 Å². The van der Waals surface area contributed by atoms with Crippen LogP contribution in [0.25, 0.3) is 0 Å². The molecule has 0 aliphatic rings. The molecule has 1 rings (SSSR count). The molecule has 10 heteroatoms. The molecule has 0 radical (unpaired) electrons. The first kappa shape index (κ1) is 19.4. The first-order chi connectivity index (χ1) is 10.1. The van der Waals surface area contributed by atoms with Crippen molar-refractivity contribution in [1.29, 1.82) is 0 Å². The highest BCUT2D eigenvalue weighted by Crippen LogP contribution is 2.41. The number of hydrogen-bond acceptors (Lipinski definition) is 9. The largest absolute Gasteiger partial charge is 0.744 e. The Kier molecular flexibility index (Phi) is 6.84. The molecular weight excluding hydrogens is 352 g/mol. The fourth-order valence-electron chi connectivity index (χ4n) is 1.72. The zero-order valence-corrected chi connectivity index (χ0v) is 15.2. The van der Waals surface area contributed by atoms with Crippen LogP contribution in [0, 0.1) is 0 Å². The van der Waals surface area contributed by atoms with Crippen LogP contribution in [-0.4, -0.2) is 25.5 Å². The van der Waals surface area contributed by atoms with E-state index in [1.807, 2.05) is 20.8 Å². The Morgan fingerprint density at radius 3 is 1.68 bits per heavy atom. The van der Waals surface area contributed by atoms with E-state index in [0.717, 1.165) is 36.2 Å². The van der Waals surface area contributed by atoms with Crippen LogP contribution in [0.1, 0.15) is 26.3 Å². The summed E-state index contributed by atoms with van der Waals surface area (Å²) in [6, 6.07) is 2.20. The molecule has 0 amide bonds. The Morgan fingerprint density at radius 2 is 1.41 bits per heavy atom. The van der Waals surface area contributed by atoms with Crippen molar-refractivity contribution in [2.45, 2.75) is 31.1 Å². The quantitative estimate of drug-likeness (QED) is 0.311. The van der Waals surface area contributed by atoms with Gasteiger partial charge in [0, 0.05) is 54.3 Å². The lowest BCUT2D eigenvalue weighted by atomic mass is 9.85. The van der Waals surface area contributed by atoms with Gasteiger partial charge < -0.3 is 14.3 Å². The Morgan fingerprint density at radius 1 is 1.00 bits per heavy atom. The molecule has 0 saturated carbocycles. The van der Waals surface area contributed by atoms with Gasteiger partial charge in [-0.2, -0.15) is 0 Å². The molecule has 0 unspecified atom stereocenters. The van der Waals surface area contributed by atoms with Crippen molar-refractivity contribution >= 4 is 34.2 Å². The molecule has 0 spiro atoms. The molecule has 0 saturated heterocycles. The van der Waals surface area contributed by atoms with Gasteiger partial charge in [-0.1, -0.05) is 20.8 Å². The highest BCUT2D eigenvalue weighted by Gasteiger charge is 2.28. The van der Waals surface area contributed by atoms with E-state index in [4.69, 9.17) is 18.4 Å². The maximum absolute atomic E-state index is 11.3. The molecule has 0 aromatic heterocycles. The maximum Gasteiger partial charge on any atom is 0.175 e. The Bertz CT molecular complexity index is 579. The van der Waals surface area contributed by atoms with Gasteiger partial charge in [0.05, 0.1) is 4.90 Å². The monoisotopic (exact) mass is 369 g/mol. The number of rotatable bonds is 7. The molecule has 1 aromatic carbocycles. The highest BCUT2D eigenvalue weighted by molar-refractivity contribution is 7.94. The molecule has 0 heterocycles. The van der Waals surface area contributed by atoms with Crippen molar-refractivity contribution in [1.82, 2.24) is 0 Å². The van der Waals surface area contributed by atoms with Gasteiger partial charge in [-0.3, -0.25) is 0 Å². The fourth-order valence-corrected chi connectivity index (χ4v) is 2.51. The van der Waals surface area contributed by atoms with Gasteiger partial charge in [-0.25, -0.2) is 8.42 Å². The van der Waals surface area contributed by atoms with Crippen LogP contribution in [0.3, 0.4) is 0 Å². The second-order valence-corrected chi connectivity index (χ2v) is 7.45. The second-order valence-electron chi connectivity index (χ2n) is 5.13. The standard InChI is InChI=1S/C12H18O7S3/c1-12(2,3)11-9(16-18-20-4)6-8(22(13,14)15)7-10(11)17-19-21-5/h6-7H,1-5H3,(H,13,14,15)/p-1. The Labute approximate surface area is 138 Å². The molecule has 7 nitrogen and oxygen atoms in total. The zero-order chi connectivity index (χ0) is 17.0. The minimum Gasteiger partial charge on any atom is -0.744 e. The van der Waals surface area contributed by atoms with Crippen LogP contribution < -0.4 is 9.78 Å². The molecule has 0 bridgehead atoms. The van der Waals surface area contributed by atoms with Gasteiger partial charge in [-0.15, -0.1) is 8.67 Å². The molecule has 0 fully saturated rings. The van der Waals surface area contributed by atoms with Gasteiger partial charge in [0.25, 0.3) is 0 Å². The van der Waals surface area contributed by atoms with Crippen molar-refractivity contribution in [2.24, 2.45) is 0 Å². The van der Waals surface area contributed by atoms with Gasteiger partial charge in [0.1, 0.15) is 10.1 Å². The molecule has 22 heavy (non-hydrogen) atoms. The normalized spacial score (nSPS) is 12.3. The van der Waals surface area contributed by atoms with Gasteiger partial charge in [0.15, 0.2) is 11.5 Å². The van der Waals surface area contributed by atoms with Crippen LogP contribution in [0.15, 0.2) is 17.0 Å². The van der Waals surface area contributed by atoms with Crippen molar-refractivity contribution in [3.8, 4) is 11.5 Å². The zero-order valence-electron chi connectivity index (χ0n) is 12.7. The smallest absolute Gasteiger partial charge is 0.175 e. The van der Waals surface area contributed by atoms with Gasteiger partial charge in [0.2, 0.25) is 0 Å². The predicted molar refractivity (Wildman–Crippen MR) is 83.6 cm³/mol. The summed E-state index contributed by atoms with van der Waals surface area (Å²) in [6.07, 6.45) is 3.25. The summed E-state index contributed by atoms with van der Waals surface area (Å²) in [6.45, 7) is 5.60. The predicted octanol–water partition coefficient (Wildman–Crippen LogP) is 3.07. The summed E-state index contributed by atoms with van der Waals surface area (Å²) < 4.78 is 43.5. The summed E-state index contributed by atoms with van der Waals surface area (Å²) in [5.74, 6) is 0.136. The first-order valence-electron chi connectivity index (χ1n) is 6.00. The molecular formula is C12H17O7S3-. The first-order valence-corrected chi connectivity index (χ1v) is 9.71. The van der Waals surface area contributed by atoms with E-state index in [9.17, 15) is 13.0 Å². The topological polar surface area (TPSA) is 94.1 Å². The summed E-state index contributed by atoms with van der Waals surface area (Å²) in [4.78, 5) is 9.67. The van der Waals surface area contributed by atoms with Crippen LogP contribution in [0.5, 0.6) is 11.5 Å². The van der Waals surface area contributed by atoms with Crippen LogP contribution >= 0.6 is 24.1 Å². The summed E-state index contributed by atoms with van der Waals surface area (Å²) >= 11 is 1.85. The van der Waals surface area contributed by atoms with E-state index in [1.165, 1.54) is 0 Å². The average molecular weight is 369 g/mol. The third-order valence-corrected chi connectivity index (χ3v) is 3.68. The van der Waals surface area contributed by atoms with Crippen molar-refractivity contribution in [3.05, 3.63) is 17.7 Å². The lowest BCUT2D eigenvalue weighted by Gasteiger charge is -2.25. The molecule has 0 N–H and O–H groups in total. The molecule has 0 aliphatic heterocycles. The Hall–Kier alpha value is -0.650. The number of hydrogen-bond donors (Lipinski definition) is 0. The molecule has 126 valence electrons. The van der Waals surface area contributed by atoms with Crippen LogP contribution in [0.2, 0.25) is 0 Å². The average Bonchev–Trinajstić information content (AvgIpc) is 2.39. The van der Waals surface area contributed by atoms with E-state index in [2.05, 4.69) is 0 Å².